The van der Waals surface area contributed by atoms with Crippen LogP contribution in [0.3, 0.4) is 0 Å². The molecule has 0 fully saturated rings. The maximum atomic E-state index is 11.5. The first-order chi connectivity index (χ1) is 7.19. The van der Waals surface area contributed by atoms with Crippen molar-refractivity contribution >= 4 is 29.0 Å². The van der Waals surface area contributed by atoms with Gasteiger partial charge < -0.3 is 4.74 Å². The molecule has 0 saturated heterocycles. The summed E-state index contributed by atoms with van der Waals surface area (Å²) in [5, 5.41) is 0.413. The summed E-state index contributed by atoms with van der Waals surface area (Å²) in [6.45, 7) is 2.46. The van der Waals surface area contributed by atoms with E-state index in [1.165, 1.54) is 0 Å². The third kappa shape index (κ3) is 3.40. The maximum Gasteiger partial charge on any atom is 0.165 e. The van der Waals surface area contributed by atoms with E-state index in [-0.39, 0.29) is 5.78 Å². The molecule has 15 heavy (non-hydrogen) atoms. The molecule has 0 bridgehead atoms. The lowest BCUT2D eigenvalue weighted by Crippen LogP contribution is -2.01. The molecule has 0 unspecified atom stereocenters. The zero-order valence-electron chi connectivity index (χ0n) is 8.43. The van der Waals surface area contributed by atoms with Crippen LogP contribution in [0.4, 0.5) is 0 Å². The number of rotatable bonds is 5. The second-order valence-corrected chi connectivity index (χ2v) is 3.72. The van der Waals surface area contributed by atoms with Gasteiger partial charge in [0.1, 0.15) is 5.75 Å². The Morgan fingerprint density at radius 1 is 1.47 bits per heavy atom. The Morgan fingerprint density at radius 3 is 2.73 bits per heavy atom. The van der Waals surface area contributed by atoms with E-state index in [2.05, 4.69) is 0 Å². The van der Waals surface area contributed by atoms with Crippen molar-refractivity contribution in [2.45, 2.75) is 13.3 Å². The minimum atomic E-state index is -0.0435. The molecule has 1 rings (SSSR count). The summed E-state index contributed by atoms with van der Waals surface area (Å²) in [5.41, 5.74) is 0.501. The van der Waals surface area contributed by atoms with Gasteiger partial charge in [-0.05, 0) is 25.1 Å². The molecule has 0 heterocycles. The average molecular weight is 247 g/mol. The average Bonchev–Trinajstić information content (AvgIpc) is 2.18. The third-order valence-electron chi connectivity index (χ3n) is 1.87. The second-order valence-electron chi connectivity index (χ2n) is 2.94. The van der Waals surface area contributed by atoms with Crippen molar-refractivity contribution in [2.24, 2.45) is 0 Å². The van der Waals surface area contributed by atoms with Crippen LogP contribution in [0.2, 0.25) is 5.02 Å². The topological polar surface area (TPSA) is 26.3 Å². The van der Waals surface area contributed by atoms with Crippen molar-refractivity contribution in [3.8, 4) is 5.75 Å². The van der Waals surface area contributed by atoms with E-state index in [1.807, 2.05) is 6.92 Å². The maximum absolute atomic E-state index is 11.5. The van der Waals surface area contributed by atoms with E-state index in [0.29, 0.717) is 35.2 Å². The van der Waals surface area contributed by atoms with Crippen LogP contribution in [-0.2, 0) is 0 Å². The van der Waals surface area contributed by atoms with Crippen LogP contribution in [-0.4, -0.2) is 18.3 Å². The molecule has 2 nitrogen and oxygen atoms in total. The van der Waals surface area contributed by atoms with Gasteiger partial charge >= 0.3 is 0 Å². The quantitative estimate of drug-likeness (QED) is 0.587. The molecule has 1 aromatic carbocycles. The van der Waals surface area contributed by atoms with Crippen molar-refractivity contribution in [1.29, 1.82) is 0 Å². The minimum Gasteiger partial charge on any atom is -0.494 e. The molecule has 0 aliphatic rings. The largest absolute Gasteiger partial charge is 0.494 e. The fraction of sp³-hybridized carbons (Fsp3) is 0.364. The van der Waals surface area contributed by atoms with Crippen LogP contribution in [0.5, 0.6) is 5.75 Å². The number of ether oxygens (including phenoxy) is 1. The van der Waals surface area contributed by atoms with E-state index in [0.717, 1.165) is 0 Å². The SMILES string of the molecule is CCOc1ccc(C(=O)CCCl)c(Cl)c1. The highest BCUT2D eigenvalue weighted by Crippen LogP contribution is 2.23. The van der Waals surface area contributed by atoms with E-state index in [9.17, 15) is 4.79 Å². The highest BCUT2D eigenvalue weighted by Gasteiger charge is 2.10. The van der Waals surface area contributed by atoms with Crippen LogP contribution in [0, 0.1) is 0 Å². The van der Waals surface area contributed by atoms with Crippen LogP contribution >= 0.6 is 23.2 Å². The first-order valence-electron chi connectivity index (χ1n) is 4.70. The van der Waals surface area contributed by atoms with Crippen molar-refractivity contribution in [3.05, 3.63) is 28.8 Å². The number of hydrogen-bond acceptors (Lipinski definition) is 2. The van der Waals surface area contributed by atoms with E-state index >= 15 is 0 Å². The number of carbonyl (C=O) groups excluding carboxylic acids is 1. The molecule has 82 valence electrons. The number of carbonyl (C=O) groups is 1. The van der Waals surface area contributed by atoms with Gasteiger partial charge in [-0.15, -0.1) is 11.6 Å². The lowest BCUT2D eigenvalue weighted by molar-refractivity contribution is 0.0989. The lowest BCUT2D eigenvalue weighted by atomic mass is 10.1. The summed E-state index contributed by atoms with van der Waals surface area (Å²) in [4.78, 5) is 11.5. The van der Waals surface area contributed by atoms with E-state index in [1.54, 1.807) is 18.2 Å². The molecule has 0 atom stereocenters. The molecule has 0 aromatic heterocycles. The zero-order chi connectivity index (χ0) is 11.3. The Balaban J connectivity index is 2.87. The minimum absolute atomic E-state index is 0.0435. The van der Waals surface area contributed by atoms with Gasteiger partial charge in [-0.1, -0.05) is 11.6 Å². The molecular weight excluding hydrogens is 235 g/mol. The molecular formula is C11H12Cl2O2. The van der Waals surface area contributed by atoms with Crippen LogP contribution in [0.25, 0.3) is 0 Å². The molecule has 0 amide bonds. The summed E-state index contributed by atoms with van der Waals surface area (Å²) < 4.78 is 5.26. The molecule has 1 aromatic rings. The van der Waals surface area contributed by atoms with Gasteiger partial charge in [0, 0.05) is 17.9 Å². The number of alkyl halides is 1. The first kappa shape index (κ1) is 12.3. The lowest BCUT2D eigenvalue weighted by Gasteiger charge is -2.06. The predicted octanol–water partition coefficient (Wildman–Crippen LogP) is 3.55. The Bertz CT molecular complexity index is 350. The normalized spacial score (nSPS) is 10.1. The third-order valence-corrected chi connectivity index (χ3v) is 2.38. The monoisotopic (exact) mass is 246 g/mol. The molecule has 0 aliphatic heterocycles. The first-order valence-corrected chi connectivity index (χ1v) is 5.61. The van der Waals surface area contributed by atoms with E-state index in [4.69, 9.17) is 27.9 Å². The zero-order valence-corrected chi connectivity index (χ0v) is 9.94. The highest BCUT2D eigenvalue weighted by atomic mass is 35.5. The Hall–Kier alpha value is -0.730. The Morgan fingerprint density at radius 2 is 2.20 bits per heavy atom. The number of Topliss-reactive ketones (excluding diaryl/α,β-unsaturated/α-hetero) is 1. The number of benzene rings is 1. The highest BCUT2D eigenvalue weighted by molar-refractivity contribution is 6.34. The van der Waals surface area contributed by atoms with Crippen molar-refractivity contribution in [1.82, 2.24) is 0 Å². The Labute approximate surface area is 99.1 Å². The molecule has 0 radical (unpaired) electrons. The van der Waals surface area contributed by atoms with Gasteiger partial charge in [0.25, 0.3) is 0 Å². The van der Waals surface area contributed by atoms with E-state index < -0.39 is 0 Å². The molecule has 0 saturated carbocycles. The standard InChI is InChI=1S/C11H12Cl2O2/c1-2-15-8-3-4-9(10(13)7-8)11(14)5-6-12/h3-4,7H,2,5-6H2,1H3. The summed E-state index contributed by atoms with van der Waals surface area (Å²) in [6.07, 6.45) is 0.301. The van der Waals surface area contributed by atoms with Crippen molar-refractivity contribution in [2.75, 3.05) is 12.5 Å². The van der Waals surface area contributed by atoms with Gasteiger partial charge in [-0.2, -0.15) is 0 Å². The van der Waals surface area contributed by atoms with Gasteiger partial charge in [-0.3, -0.25) is 4.79 Å². The number of hydrogen-bond donors (Lipinski definition) is 0. The number of halogens is 2. The fourth-order valence-corrected chi connectivity index (χ4v) is 1.65. The molecule has 0 aliphatic carbocycles. The molecule has 0 N–H and O–H groups in total. The predicted molar refractivity (Wildman–Crippen MR) is 62.3 cm³/mol. The van der Waals surface area contributed by atoms with Gasteiger partial charge in [0.05, 0.1) is 11.6 Å². The van der Waals surface area contributed by atoms with Gasteiger partial charge in [0.15, 0.2) is 5.78 Å². The van der Waals surface area contributed by atoms with Gasteiger partial charge in [0.2, 0.25) is 0 Å². The summed E-state index contributed by atoms with van der Waals surface area (Å²) in [5.74, 6) is 0.936. The van der Waals surface area contributed by atoms with Crippen molar-refractivity contribution < 1.29 is 9.53 Å². The molecule has 0 spiro atoms. The van der Waals surface area contributed by atoms with Crippen LogP contribution < -0.4 is 4.74 Å². The Kier molecular flexibility index (Phi) is 4.92. The smallest absolute Gasteiger partial charge is 0.165 e. The summed E-state index contributed by atoms with van der Waals surface area (Å²) >= 11 is 11.4. The molecule has 4 heteroatoms. The van der Waals surface area contributed by atoms with Crippen LogP contribution in [0.1, 0.15) is 23.7 Å². The van der Waals surface area contributed by atoms with Crippen molar-refractivity contribution in [3.63, 3.8) is 0 Å². The second kappa shape index (κ2) is 5.99. The summed E-state index contributed by atoms with van der Waals surface area (Å²) in [6, 6.07) is 5.05. The number of ketones is 1. The summed E-state index contributed by atoms with van der Waals surface area (Å²) in [7, 11) is 0. The fourth-order valence-electron chi connectivity index (χ4n) is 1.20. The van der Waals surface area contributed by atoms with Crippen LogP contribution in [0.15, 0.2) is 18.2 Å². The van der Waals surface area contributed by atoms with Gasteiger partial charge in [-0.25, -0.2) is 0 Å².